The van der Waals surface area contributed by atoms with Crippen molar-refractivity contribution in [1.82, 2.24) is 10.3 Å². The first-order valence-electron chi connectivity index (χ1n) is 6.23. The van der Waals surface area contributed by atoms with Gasteiger partial charge in [-0.1, -0.05) is 0 Å². The van der Waals surface area contributed by atoms with Gasteiger partial charge in [0.1, 0.15) is 5.75 Å². The third-order valence-corrected chi connectivity index (χ3v) is 3.61. The fourth-order valence-corrected chi connectivity index (χ4v) is 2.71. The third-order valence-electron chi connectivity index (χ3n) is 3.61. The molecule has 1 atom stereocenters. The molecule has 0 saturated heterocycles. The standard InChI is InChI=1S/C14H16N2O3/c1-18-9-3-4-12-11(7-9)10-5-8(6-13(10)16-12)15-14(17)19-2/h3-4,7-8,16H,5-6H2,1-2H3,(H,15,17). The number of hydrogen-bond donors (Lipinski definition) is 2. The van der Waals surface area contributed by atoms with E-state index in [4.69, 9.17) is 4.74 Å². The number of amides is 1. The molecule has 3 rings (SSSR count). The van der Waals surface area contributed by atoms with E-state index < -0.39 is 0 Å². The summed E-state index contributed by atoms with van der Waals surface area (Å²) in [6.45, 7) is 0. The number of benzene rings is 1. The number of ether oxygens (including phenoxy) is 2. The maximum Gasteiger partial charge on any atom is 0.407 e. The van der Waals surface area contributed by atoms with Crippen molar-refractivity contribution in [3.63, 3.8) is 0 Å². The lowest BCUT2D eigenvalue weighted by Crippen LogP contribution is -2.35. The fourth-order valence-electron chi connectivity index (χ4n) is 2.71. The van der Waals surface area contributed by atoms with Gasteiger partial charge in [0.15, 0.2) is 0 Å². The Kier molecular flexibility index (Phi) is 2.81. The maximum atomic E-state index is 11.2. The van der Waals surface area contributed by atoms with Crippen LogP contribution >= 0.6 is 0 Å². The number of carbonyl (C=O) groups is 1. The Morgan fingerprint density at radius 2 is 2.21 bits per heavy atom. The summed E-state index contributed by atoms with van der Waals surface area (Å²) in [5.74, 6) is 0.846. The van der Waals surface area contributed by atoms with Crippen LogP contribution in [-0.2, 0) is 17.6 Å². The zero-order valence-electron chi connectivity index (χ0n) is 10.9. The van der Waals surface area contributed by atoms with Crippen molar-refractivity contribution < 1.29 is 14.3 Å². The van der Waals surface area contributed by atoms with E-state index in [9.17, 15) is 4.79 Å². The van der Waals surface area contributed by atoms with Crippen LogP contribution in [0.4, 0.5) is 4.79 Å². The van der Waals surface area contributed by atoms with Gasteiger partial charge in [0, 0.05) is 29.1 Å². The normalized spacial score (nSPS) is 17.3. The van der Waals surface area contributed by atoms with Crippen LogP contribution in [0.2, 0.25) is 0 Å². The first-order chi connectivity index (χ1) is 9.21. The number of aromatic amines is 1. The number of alkyl carbamates (subject to hydrolysis) is 1. The van der Waals surface area contributed by atoms with Gasteiger partial charge in [-0.25, -0.2) is 4.79 Å². The van der Waals surface area contributed by atoms with Crippen LogP contribution in [0.3, 0.4) is 0 Å². The Labute approximate surface area is 110 Å². The van der Waals surface area contributed by atoms with Crippen LogP contribution < -0.4 is 10.1 Å². The monoisotopic (exact) mass is 260 g/mol. The summed E-state index contributed by atoms with van der Waals surface area (Å²) in [5, 5.41) is 4.01. The van der Waals surface area contributed by atoms with E-state index in [-0.39, 0.29) is 12.1 Å². The Hall–Kier alpha value is -2.17. The minimum atomic E-state index is -0.378. The molecule has 0 aliphatic heterocycles. The smallest absolute Gasteiger partial charge is 0.407 e. The molecular weight excluding hydrogens is 244 g/mol. The third kappa shape index (κ3) is 2.01. The highest BCUT2D eigenvalue weighted by Crippen LogP contribution is 2.32. The van der Waals surface area contributed by atoms with Crippen LogP contribution in [0.5, 0.6) is 5.75 Å². The summed E-state index contributed by atoms with van der Waals surface area (Å²) in [7, 11) is 3.04. The number of fused-ring (bicyclic) bond motifs is 3. The van der Waals surface area contributed by atoms with Gasteiger partial charge in [-0.2, -0.15) is 0 Å². The molecule has 1 unspecified atom stereocenters. The summed E-state index contributed by atoms with van der Waals surface area (Å²) in [4.78, 5) is 14.6. The summed E-state index contributed by atoms with van der Waals surface area (Å²) in [5.41, 5.74) is 3.56. The van der Waals surface area contributed by atoms with Crippen molar-refractivity contribution >= 4 is 17.0 Å². The minimum absolute atomic E-state index is 0.101. The second-order valence-corrected chi connectivity index (χ2v) is 4.73. The summed E-state index contributed by atoms with van der Waals surface area (Å²) >= 11 is 0. The molecule has 2 N–H and O–H groups in total. The van der Waals surface area contributed by atoms with E-state index in [2.05, 4.69) is 15.0 Å². The Morgan fingerprint density at radius 1 is 1.37 bits per heavy atom. The quantitative estimate of drug-likeness (QED) is 0.868. The number of hydrogen-bond acceptors (Lipinski definition) is 3. The molecule has 1 aromatic heterocycles. The van der Waals surface area contributed by atoms with E-state index >= 15 is 0 Å². The van der Waals surface area contributed by atoms with Gasteiger partial charge in [0.2, 0.25) is 0 Å². The Balaban J connectivity index is 1.89. The van der Waals surface area contributed by atoms with Crippen molar-refractivity contribution in [2.45, 2.75) is 18.9 Å². The van der Waals surface area contributed by atoms with Crippen molar-refractivity contribution in [2.75, 3.05) is 14.2 Å². The fraction of sp³-hybridized carbons (Fsp3) is 0.357. The van der Waals surface area contributed by atoms with E-state index in [0.29, 0.717) is 0 Å². The van der Waals surface area contributed by atoms with E-state index in [1.807, 2.05) is 18.2 Å². The number of methoxy groups -OCH3 is 2. The number of aromatic nitrogens is 1. The van der Waals surface area contributed by atoms with Crippen LogP contribution in [0.25, 0.3) is 10.9 Å². The first-order valence-corrected chi connectivity index (χ1v) is 6.23. The Morgan fingerprint density at radius 3 is 2.95 bits per heavy atom. The van der Waals surface area contributed by atoms with Gasteiger partial charge in [-0.3, -0.25) is 0 Å². The van der Waals surface area contributed by atoms with Crippen molar-refractivity contribution in [2.24, 2.45) is 0 Å². The molecule has 0 saturated carbocycles. The van der Waals surface area contributed by atoms with Gasteiger partial charge in [0.05, 0.1) is 14.2 Å². The molecule has 19 heavy (non-hydrogen) atoms. The van der Waals surface area contributed by atoms with Crippen LogP contribution in [0, 0.1) is 0 Å². The van der Waals surface area contributed by atoms with Gasteiger partial charge < -0.3 is 19.8 Å². The second-order valence-electron chi connectivity index (χ2n) is 4.73. The van der Waals surface area contributed by atoms with E-state index in [0.717, 1.165) is 24.1 Å². The lowest BCUT2D eigenvalue weighted by atomic mass is 10.1. The van der Waals surface area contributed by atoms with Crippen LogP contribution in [0.15, 0.2) is 18.2 Å². The maximum absolute atomic E-state index is 11.2. The molecule has 0 radical (unpaired) electrons. The minimum Gasteiger partial charge on any atom is -0.497 e. The molecule has 1 aliphatic carbocycles. The molecule has 2 aromatic rings. The highest BCUT2D eigenvalue weighted by Gasteiger charge is 2.26. The van der Waals surface area contributed by atoms with Crippen LogP contribution in [-0.4, -0.2) is 31.3 Å². The van der Waals surface area contributed by atoms with Gasteiger partial charge in [0.25, 0.3) is 0 Å². The molecular formula is C14H16N2O3. The Bertz CT molecular complexity index is 633. The molecule has 0 fully saturated rings. The molecule has 1 amide bonds. The van der Waals surface area contributed by atoms with Gasteiger partial charge in [-0.05, 0) is 30.2 Å². The topological polar surface area (TPSA) is 63.3 Å². The summed E-state index contributed by atoms with van der Waals surface area (Å²) in [6.07, 6.45) is 1.25. The molecule has 0 bridgehead atoms. The molecule has 0 spiro atoms. The molecule has 1 aromatic carbocycles. The average molecular weight is 260 g/mol. The number of rotatable bonds is 2. The summed E-state index contributed by atoms with van der Waals surface area (Å²) < 4.78 is 9.89. The molecule has 5 heteroatoms. The van der Waals surface area contributed by atoms with E-state index in [1.165, 1.54) is 23.8 Å². The highest BCUT2D eigenvalue weighted by molar-refractivity contribution is 5.87. The second kappa shape index (κ2) is 4.50. The zero-order chi connectivity index (χ0) is 13.4. The number of nitrogens with one attached hydrogen (secondary N) is 2. The molecule has 1 aliphatic rings. The number of H-pyrrole nitrogens is 1. The average Bonchev–Trinajstić information content (AvgIpc) is 2.95. The van der Waals surface area contributed by atoms with Gasteiger partial charge in [-0.15, -0.1) is 0 Å². The molecule has 100 valence electrons. The SMILES string of the molecule is COC(=O)NC1Cc2[nH]c3ccc(OC)cc3c2C1. The number of carbonyl (C=O) groups excluding carboxylic acids is 1. The lowest BCUT2D eigenvalue weighted by Gasteiger charge is -2.10. The van der Waals surface area contributed by atoms with Crippen molar-refractivity contribution in [3.8, 4) is 5.75 Å². The van der Waals surface area contributed by atoms with Gasteiger partial charge >= 0.3 is 6.09 Å². The predicted molar refractivity (Wildman–Crippen MR) is 71.6 cm³/mol. The molecule has 5 nitrogen and oxygen atoms in total. The largest absolute Gasteiger partial charge is 0.497 e. The van der Waals surface area contributed by atoms with Crippen molar-refractivity contribution in [3.05, 3.63) is 29.5 Å². The lowest BCUT2D eigenvalue weighted by molar-refractivity contribution is 0.167. The predicted octanol–water partition coefficient (Wildman–Crippen LogP) is 2.00. The van der Waals surface area contributed by atoms with Crippen molar-refractivity contribution in [1.29, 1.82) is 0 Å². The zero-order valence-corrected chi connectivity index (χ0v) is 10.9. The van der Waals surface area contributed by atoms with Crippen LogP contribution in [0.1, 0.15) is 11.3 Å². The summed E-state index contributed by atoms with van der Waals surface area (Å²) in [6, 6.07) is 6.10. The van der Waals surface area contributed by atoms with E-state index in [1.54, 1.807) is 7.11 Å². The first kappa shape index (κ1) is 11.9. The molecule has 1 heterocycles. The highest BCUT2D eigenvalue weighted by atomic mass is 16.5.